The number of phenolic OH excluding ortho intramolecular Hbond substituents is 4. The van der Waals surface area contributed by atoms with Crippen molar-refractivity contribution >= 4 is 21.5 Å². The third-order valence-corrected chi connectivity index (χ3v) is 14.3. The van der Waals surface area contributed by atoms with Gasteiger partial charge in [0.2, 0.25) is 0 Å². The van der Waals surface area contributed by atoms with Gasteiger partial charge in [-0.1, -0.05) is 67.8 Å². The normalized spacial score (nSPS) is 12.7. The smallest absolute Gasteiger partial charge is 0.124 e. The summed E-state index contributed by atoms with van der Waals surface area (Å²) < 4.78 is 50.5. The molecule has 0 unspecified atom stereocenters. The largest absolute Gasteiger partial charge is 0.508 e. The van der Waals surface area contributed by atoms with Crippen LogP contribution in [0.15, 0.2) is 182 Å². The Labute approximate surface area is 454 Å². The summed E-state index contributed by atoms with van der Waals surface area (Å²) in [4.78, 5) is 0. The second kappa shape index (κ2) is 24.8. The third-order valence-electron chi connectivity index (χ3n) is 14.3. The first-order chi connectivity index (χ1) is 38.2. The molecule has 4 N–H and O–H groups in total. The van der Waals surface area contributed by atoms with Crippen LogP contribution in [0.25, 0.3) is 21.5 Å². The van der Waals surface area contributed by atoms with Crippen molar-refractivity contribution in [2.75, 3.05) is 52.9 Å². The Balaban J connectivity index is 1.07. The first-order valence-corrected chi connectivity index (χ1v) is 26.6. The minimum Gasteiger partial charge on any atom is -0.508 e. The lowest BCUT2D eigenvalue weighted by Crippen LogP contribution is -2.29. The van der Waals surface area contributed by atoms with Gasteiger partial charge in [-0.3, -0.25) is 0 Å². The van der Waals surface area contributed by atoms with E-state index in [0.29, 0.717) is 65.1 Å². The van der Waals surface area contributed by atoms with Gasteiger partial charge in [0.1, 0.15) is 122 Å². The predicted octanol–water partition coefficient (Wildman–Crippen LogP) is 14.0. The van der Waals surface area contributed by atoms with Crippen LogP contribution in [0.4, 0.5) is 0 Å². The van der Waals surface area contributed by atoms with E-state index in [-0.39, 0.29) is 62.6 Å². The van der Waals surface area contributed by atoms with Crippen LogP contribution in [0.5, 0.6) is 69.0 Å². The van der Waals surface area contributed by atoms with Gasteiger partial charge in [-0.15, -0.1) is 0 Å². The fourth-order valence-electron chi connectivity index (χ4n) is 10.4. The Morgan fingerprint density at radius 1 is 0.346 bits per heavy atom. The van der Waals surface area contributed by atoms with Crippen LogP contribution in [-0.2, 0) is 5.41 Å². The van der Waals surface area contributed by atoms with Crippen molar-refractivity contribution in [1.29, 1.82) is 0 Å². The molecule has 1 fully saturated rings. The van der Waals surface area contributed by atoms with Gasteiger partial charge in [-0.25, -0.2) is 0 Å². The van der Waals surface area contributed by atoms with Gasteiger partial charge in [-0.05, 0) is 192 Å². The molecule has 0 atom stereocenters. The maximum absolute atomic E-state index is 9.92. The molecule has 0 bridgehead atoms. The van der Waals surface area contributed by atoms with Crippen LogP contribution in [0.2, 0.25) is 0 Å². The van der Waals surface area contributed by atoms with E-state index in [2.05, 4.69) is 55.5 Å². The van der Waals surface area contributed by atoms with Crippen molar-refractivity contribution in [2.45, 2.75) is 50.4 Å². The van der Waals surface area contributed by atoms with E-state index < -0.39 is 5.41 Å². The number of rotatable bonds is 24. The minimum atomic E-state index is -0.981. The van der Waals surface area contributed by atoms with Crippen LogP contribution in [-0.4, -0.2) is 73.3 Å². The summed E-state index contributed by atoms with van der Waals surface area (Å²) in [6.07, 6.45) is 6.04. The Morgan fingerprint density at radius 2 is 0.667 bits per heavy atom. The summed E-state index contributed by atoms with van der Waals surface area (Å²) >= 11 is 0. The molecule has 0 aromatic heterocycles. The summed E-state index contributed by atoms with van der Waals surface area (Å²) in [6.45, 7) is 4.32. The average molecular weight is 1050 g/mol. The molecule has 9 aromatic rings. The number of phenols is 4. The zero-order valence-electron chi connectivity index (χ0n) is 43.6. The predicted molar refractivity (Wildman–Crippen MR) is 302 cm³/mol. The van der Waals surface area contributed by atoms with E-state index >= 15 is 0 Å². The van der Waals surface area contributed by atoms with Crippen LogP contribution in [0, 0.1) is 0 Å². The molecular formula is C66H64O12. The molecule has 10 rings (SSSR count). The van der Waals surface area contributed by atoms with E-state index in [1.54, 1.807) is 97.1 Å². The molecule has 78 heavy (non-hydrogen) atoms. The highest BCUT2D eigenvalue weighted by Crippen LogP contribution is 2.52. The second-order valence-electron chi connectivity index (χ2n) is 19.5. The number of benzene rings is 9. The van der Waals surface area contributed by atoms with Crippen molar-refractivity contribution < 1.29 is 58.3 Å². The topological polar surface area (TPSA) is 155 Å². The summed E-state index contributed by atoms with van der Waals surface area (Å²) in [5.41, 5.74) is 3.18. The Bertz CT molecular complexity index is 3180. The highest BCUT2D eigenvalue weighted by atomic mass is 16.5. The molecule has 0 radical (unpaired) electrons. The molecule has 1 aliphatic carbocycles. The van der Waals surface area contributed by atoms with E-state index in [1.165, 1.54) is 37.7 Å². The molecule has 1 saturated carbocycles. The molecule has 0 spiro atoms. The Morgan fingerprint density at radius 3 is 1.03 bits per heavy atom. The molecule has 9 aromatic carbocycles. The molecule has 0 heterocycles. The fraction of sp³-hybridized carbons (Fsp3) is 0.242. The summed E-state index contributed by atoms with van der Waals surface area (Å²) in [5.74, 6) is 6.27. The molecule has 0 saturated heterocycles. The number of hydrogen-bond acceptors (Lipinski definition) is 12. The van der Waals surface area contributed by atoms with Gasteiger partial charge in [0.25, 0.3) is 0 Å². The van der Waals surface area contributed by atoms with E-state index in [0.717, 1.165) is 38.2 Å². The standard InChI is InChI=1S/C66H64O12/c1-66(49-11-7-46(8-12-49)45-5-3-2-4-6-45,64-60-31-29-58(75-37-35-71-54-21-13-50(67)14-22-54)43-47(60)9-33-62(64)77-41-39-73-56-25-17-52(69)18-26-56)65-61-32-30-59(76-38-36-72-55-23-15-51(68)16-24-55)44-48(61)10-34-63(65)78-42-40-74-57-27-19-53(70)20-28-57/h7-34,43-45,67-70H,2-6,35-42H2,1H3. The number of fused-ring (bicyclic) bond motifs is 2. The van der Waals surface area contributed by atoms with Crippen LogP contribution < -0.4 is 37.9 Å². The van der Waals surface area contributed by atoms with Crippen molar-refractivity contribution in [3.8, 4) is 69.0 Å². The van der Waals surface area contributed by atoms with Crippen molar-refractivity contribution in [2.24, 2.45) is 0 Å². The SMILES string of the molecule is CC(c1ccc(C2CCCCC2)cc1)(c1c(OCCOc2ccc(O)cc2)ccc2cc(OCCOc3ccc(O)cc3)ccc12)c1c(OCCOc2ccc(O)cc2)ccc2cc(OCCOc3ccc(O)cc3)ccc12. The van der Waals surface area contributed by atoms with E-state index in [4.69, 9.17) is 37.9 Å². The van der Waals surface area contributed by atoms with Crippen LogP contribution in [0.3, 0.4) is 0 Å². The molecular weight excluding hydrogens is 985 g/mol. The molecule has 12 nitrogen and oxygen atoms in total. The zero-order chi connectivity index (χ0) is 53.7. The lowest BCUT2D eigenvalue weighted by Gasteiger charge is -2.37. The number of ether oxygens (including phenoxy) is 8. The fourth-order valence-corrected chi connectivity index (χ4v) is 10.4. The summed E-state index contributed by atoms with van der Waals surface area (Å²) in [5, 5.41) is 43.0. The maximum Gasteiger partial charge on any atom is 0.124 e. The average Bonchev–Trinajstić information content (AvgIpc) is 3.55. The van der Waals surface area contributed by atoms with Crippen LogP contribution in [0.1, 0.15) is 67.2 Å². The molecule has 12 heteroatoms. The minimum absolute atomic E-state index is 0.156. The van der Waals surface area contributed by atoms with Crippen LogP contribution >= 0.6 is 0 Å². The third kappa shape index (κ3) is 12.8. The van der Waals surface area contributed by atoms with Gasteiger partial charge in [0.05, 0.1) is 5.41 Å². The van der Waals surface area contributed by atoms with Gasteiger partial charge in [0.15, 0.2) is 0 Å². The maximum atomic E-state index is 9.92. The second-order valence-corrected chi connectivity index (χ2v) is 19.5. The Hall–Kier alpha value is -8.90. The highest BCUT2D eigenvalue weighted by molar-refractivity contribution is 5.96. The number of hydrogen-bond donors (Lipinski definition) is 4. The molecule has 400 valence electrons. The molecule has 0 amide bonds. The zero-order valence-corrected chi connectivity index (χ0v) is 43.6. The first kappa shape index (κ1) is 52.5. The quantitative estimate of drug-likeness (QED) is 0.0336. The summed E-state index contributed by atoms with van der Waals surface area (Å²) in [6, 6.07) is 56.0. The first-order valence-electron chi connectivity index (χ1n) is 26.6. The monoisotopic (exact) mass is 1050 g/mol. The van der Waals surface area contributed by atoms with Gasteiger partial charge in [0, 0.05) is 11.1 Å². The lowest BCUT2D eigenvalue weighted by atomic mass is 9.67. The summed E-state index contributed by atoms with van der Waals surface area (Å²) in [7, 11) is 0. The highest BCUT2D eigenvalue weighted by Gasteiger charge is 2.40. The van der Waals surface area contributed by atoms with Crippen molar-refractivity contribution in [3.63, 3.8) is 0 Å². The van der Waals surface area contributed by atoms with E-state index in [9.17, 15) is 20.4 Å². The van der Waals surface area contributed by atoms with Crippen molar-refractivity contribution in [3.05, 3.63) is 204 Å². The number of aromatic hydroxyl groups is 4. The molecule has 0 aliphatic heterocycles. The Kier molecular flexibility index (Phi) is 16.7. The van der Waals surface area contributed by atoms with Crippen molar-refractivity contribution in [1.82, 2.24) is 0 Å². The molecule has 1 aliphatic rings. The van der Waals surface area contributed by atoms with Gasteiger partial charge in [-0.2, -0.15) is 0 Å². The van der Waals surface area contributed by atoms with E-state index in [1.807, 2.05) is 36.4 Å². The van der Waals surface area contributed by atoms with Gasteiger partial charge >= 0.3 is 0 Å². The lowest BCUT2D eigenvalue weighted by molar-refractivity contribution is 0.212. The van der Waals surface area contributed by atoms with Gasteiger partial charge < -0.3 is 58.3 Å².